The quantitative estimate of drug-likeness (QED) is 0.307. The number of fused-ring (bicyclic) bond motifs is 1. The first-order chi connectivity index (χ1) is 19.5. The van der Waals surface area contributed by atoms with Crippen molar-refractivity contribution in [1.29, 1.82) is 0 Å². The lowest BCUT2D eigenvalue weighted by molar-refractivity contribution is -0.923. The Morgan fingerprint density at radius 1 is 0.952 bits per heavy atom. The molecule has 0 radical (unpaired) electrons. The average Bonchev–Trinajstić information content (AvgIpc) is 3.03. The van der Waals surface area contributed by atoms with E-state index in [4.69, 9.17) is 4.74 Å². The van der Waals surface area contributed by atoms with Crippen LogP contribution in [0.1, 0.15) is 90.2 Å². The Bertz CT molecular complexity index is 1210. The van der Waals surface area contributed by atoms with Crippen molar-refractivity contribution in [3.05, 3.63) is 53.6 Å². The fourth-order valence-corrected chi connectivity index (χ4v) is 8.88. The lowest BCUT2D eigenvalue weighted by atomic mass is 9.68. The molecule has 0 fully saturated rings. The summed E-state index contributed by atoms with van der Waals surface area (Å²) >= 11 is 0. The molecule has 0 spiro atoms. The molecule has 0 aromatic heterocycles. The summed E-state index contributed by atoms with van der Waals surface area (Å²) in [6, 6.07) is 13.6. The van der Waals surface area contributed by atoms with Crippen LogP contribution in [-0.2, 0) is 9.84 Å². The summed E-state index contributed by atoms with van der Waals surface area (Å²) in [7, 11) is 0.294. The highest BCUT2D eigenvalue weighted by atomic mass is 35.5. The molecule has 0 bridgehead atoms. The van der Waals surface area contributed by atoms with Gasteiger partial charge in [-0.2, -0.15) is 0 Å². The van der Waals surface area contributed by atoms with E-state index in [0.29, 0.717) is 29.9 Å². The number of unbranched alkanes of at least 4 members (excludes halogenated alkanes) is 2. The number of ether oxygens (including phenoxy) is 1. The maximum atomic E-state index is 14.1. The predicted molar refractivity (Wildman–Crippen MR) is 171 cm³/mol. The molecule has 0 unspecified atom stereocenters. The first-order valence-corrected chi connectivity index (χ1v) is 17.5. The van der Waals surface area contributed by atoms with Crippen LogP contribution in [0, 0.1) is 5.41 Å². The molecule has 42 heavy (non-hydrogen) atoms. The van der Waals surface area contributed by atoms with E-state index in [2.05, 4.69) is 34.6 Å². The smallest absolute Gasteiger partial charge is 0.179 e. The van der Waals surface area contributed by atoms with Gasteiger partial charge in [0.1, 0.15) is 18.9 Å². The largest absolute Gasteiger partial charge is 1.00 e. The minimum absolute atomic E-state index is 0. The van der Waals surface area contributed by atoms with E-state index in [1.54, 1.807) is 6.07 Å². The van der Waals surface area contributed by atoms with Crippen LogP contribution in [0.25, 0.3) is 0 Å². The van der Waals surface area contributed by atoms with Crippen molar-refractivity contribution in [1.82, 2.24) is 0 Å². The van der Waals surface area contributed by atoms with Crippen LogP contribution in [-0.4, -0.2) is 76.7 Å². The second kappa shape index (κ2) is 15.8. The third kappa shape index (κ3) is 8.02. The third-order valence-corrected chi connectivity index (χ3v) is 11.7. The Morgan fingerprint density at radius 3 is 2.12 bits per heavy atom. The summed E-state index contributed by atoms with van der Waals surface area (Å²) in [4.78, 5) is 2.34. The Hall–Kier alpha value is -1.80. The molecule has 2 aromatic carbocycles. The lowest BCUT2D eigenvalue weighted by Crippen LogP contribution is -3.00. The average molecular weight is 623 g/mol. The molecular weight excluding hydrogens is 568 g/mol. The molecule has 2 atom stereocenters. The highest BCUT2D eigenvalue weighted by molar-refractivity contribution is 7.91. The van der Waals surface area contributed by atoms with E-state index in [1.165, 1.54) is 0 Å². The van der Waals surface area contributed by atoms with Gasteiger partial charge in [0.25, 0.3) is 0 Å². The van der Waals surface area contributed by atoms with E-state index in [1.807, 2.05) is 55.4 Å². The fourth-order valence-electron chi connectivity index (χ4n) is 6.69. The van der Waals surface area contributed by atoms with Crippen molar-refractivity contribution in [2.45, 2.75) is 90.1 Å². The summed E-state index contributed by atoms with van der Waals surface area (Å²) in [6.45, 7) is 15.7. The van der Waals surface area contributed by atoms with Gasteiger partial charge in [-0.3, -0.25) is 0 Å². The summed E-state index contributed by atoms with van der Waals surface area (Å²) in [5.41, 5.74) is 1.80. The fraction of sp³-hybridized carbons (Fsp3) is 0.647. The zero-order valence-electron chi connectivity index (χ0n) is 27.0. The van der Waals surface area contributed by atoms with Gasteiger partial charge < -0.3 is 31.6 Å². The van der Waals surface area contributed by atoms with Gasteiger partial charge in [-0.1, -0.05) is 51.7 Å². The van der Waals surface area contributed by atoms with Crippen LogP contribution in [0.2, 0.25) is 0 Å². The molecule has 3 rings (SSSR count). The summed E-state index contributed by atoms with van der Waals surface area (Å²) in [5.74, 6) is 0.269. The number of benzene rings is 2. The van der Waals surface area contributed by atoms with E-state index in [-0.39, 0.29) is 18.2 Å². The molecule has 0 saturated heterocycles. The number of anilines is 1. The van der Waals surface area contributed by atoms with Crippen molar-refractivity contribution in [2.75, 3.05) is 57.5 Å². The van der Waals surface area contributed by atoms with Crippen molar-refractivity contribution in [3.8, 4) is 5.75 Å². The number of sulfone groups is 1. The Labute approximate surface area is 262 Å². The standard InChI is InChI=1S/C34H55N2O4S.ClH/c1-8-13-20-34(21-14-9-2)26-41(38,39)31-19-18-28(35(6)7)25-30(31)32(33(34)37)27-16-15-17-29(24-27)40-23-22-36(10-3,11-4)12-5;/h15-19,24-25,32-33,37H,8-14,20-23,26H2,1-7H3;1H/q+1;/p-1/t32-,33-;/m1./s1. The van der Waals surface area contributed by atoms with Crippen LogP contribution >= 0.6 is 0 Å². The third-order valence-electron chi connectivity index (χ3n) is 9.72. The minimum atomic E-state index is -3.62. The number of rotatable bonds is 15. The van der Waals surface area contributed by atoms with Crippen LogP contribution in [0.15, 0.2) is 47.4 Å². The molecule has 238 valence electrons. The molecule has 1 aliphatic rings. The van der Waals surface area contributed by atoms with Crippen molar-refractivity contribution < 1.29 is 35.2 Å². The molecule has 1 N–H and O–H groups in total. The van der Waals surface area contributed by atoms with Crippen LogP contribution in [0.3, 0.4) is 0 Å². The Kier molecular flexibility index (Phi) is 13.7. The van der Waals surface area contributed by atoms with Crippen LogP contribution < -0.4 is 22.0 Å². The number of nitrogens with zero attached hydrogens (tertiary/aromatic N) is 2. The molecule has 2 aromatic rings. The van der Waals surface area contributed by atoms with Gasteiger partial charge in [-0.15, -0.1) is 0 Å². The van der Waals surface area contributed by atoms with E-state index in [0.717, 1.165) is 73.3 Å². The van der Waals surface area contributed by atoms with Gasteiger partial charge in [0, 0.05) is 31.1 Å². The second-order valence-corrected chi connectivity index (χ2v) is 14.3. The van der Waals surface area contributed by atoms with E-state index < -0.39 is 27.3 Å². The first-order valence-electron chi connectivity index (χ1n) is 15.8. The number of aliphatic hydroxyl groups excluding tert-OH is 1. The van der Waals surface area contributed by atoms with Gasteiger partial charge in [-0.25, -0.2) is 8.42 Å². The van der Waals surface area contributed by atoms with Gasteiger partial charge in [0.2, 0.25) is 0 Å². The normalized spacial score (nSPS) is 19.3. The SMILES string of the molecule is CCCCC1(CCCC)CS(=O)(=O)c2ccc(N(C)C)cc2[C@@H](c2cccc(OCC[N+](CC)(CC)CC)c2)[C@H]1O.[Cl-]. The maximum absolute atomic E-state index is 14.1. The minimum Gasteiger partial charge on any atom is -1.00 e. The van der Waals surface area contributed by atoms with Crippen LogP contribution in [0.4, 0.5) is 5.69 Å². The maximum Gasteiger partial charge on any atom is 0.179 e. The van der Waals surface area contributed by atoms with Gasteiger partial charge >= 0.3 is 0 Å². The molecule has 8 heteroatoms. The number of hydrogen-bond acceptors (Lipinski definition) is 5. The van der Waals surface area contributed by atoms with Gasteiger partial charge in [0.15, 0.2) is 9.84 Å². The number of halogens is 1. The second-order valence-electron chi connectivity index (χ2n) is 12.3. The highest BCUT2D eigenvalue weighted by Crippen LogP contribution is 2.50. The van der Waals surface area contributed by atoms with Crippen molar-refractivity contribution >= 4 is 15.5 Å². The van der Waals surface area contributed by atoms with E-state index in [9.17, 15) is 13.5 Å². The first kappa shape index (κ1) is 36.4. The molecule has 0 aliphatic carbocycles. The number of hydrogen-bond donors (Lipinski definition) is 1. The zero-order valence-corrected chi connectivity index (χ0v) is 28.6. The topological polar surface area (TPSA) is 66.8 Å². The van der Waals surface area contributed by atoms with E-state index >= 15 is 0 Å². The lowest BCUT2D eigenvalue weighted by Gasteiger charge is -2.40. The molecule has 1 heterocycles. The molecule has 6 nitrogen and oxygen atoms in total. The highest BCUT2D eigenvalue weighted by Gasteiger charge is 2.49. The number of likely N-dealkylation sites (N-methyl/N-ethyl adjacent to an activating group) is 1. The number of quaternary nitrogens is 1. The van der Waals surface area contributed by atoms with Crippen molar-refractivity contribution in [2.24, 2.45) is 5.41 Å². The number of aliphatic hydroxyl groups is 1. The van der Waals surface area contributed by atoms with Crippen molar-refractivity contribution in [3.63, 3.8) is 0 Å². The summed E-state index contributed by atoms with van der Waals surface area (Å²) in [5, 5.41) is 12.4. The van der Waals surface area contributed by atoms with Gasteiger partial charge in [0.05, 0.1) is 36.4 Å². The Balaban J connectivity index is 0.00000616. The molecule has 0 saturated carbocycles. The molecule has 1 aliphatic heterocycles. The zero-order chi connectivity index (χ0) is 30.3. The van der Waals surface area contributed by atoms with Gasteiger partial charge in [-0.05, 0) is 75.1 Å². The summed E-state index contributed by atoms with van der Waals surface area (Å²) < 4.78 is 35.5. The summed E-state index contributed by atoms with van der Waals surface area (Å²) in [6.07, 6.45) is 4.23. The molecule has 0 amide bonds. The van der Waals surface area contributed by atoms with Crippen LogP contribution in [0.5, 0.6) is 5.75 Å². The molecular formula is C34H55ClN2O4S. The monoisotopic (exact) mass is 622 g/mol. The Morgan fingerprint density at radius 2 is 1.57 bits per heavy atom. The predicted octanol–water partition coefficient (Wildman–Crippen LogP) is 3.66.